The number of carbonyl (C=O) groups is 1. The highest BCUT2D eigenvalue weighted by molar-refractivity contribution is 6.37. The summed E-state index contributed by atoms with van der Waals surface area (Å²) in [7, 11) is 0. The normalized spacial score (nSPS) is 10.7. The second-order valence-electron chi connectivity index (χ2n) is 4.24. The third kappa shape index (κ3) is 2.00. The molecule has 4 nitrogen and oxygen atoms in total. The summed E-state index contributed by atoms with van der Waals surface area (Å²) in [5.41, 5.74) is 2.13. The number of hydrogen-bond acceptors (Lipinski definition) is 3. The lowest BCUT2D eigenvalue weighted by molar-refractivity contribution is 0.0697. The maximum atomic E-state index is 11.3. The Labute approximate surface area is 119 Å². The van der Waals surface area contributed by atoms with Crippen molar-refractivity contribution in [2.75, 3.05) is 0 Å². The molecule has 1 heterocycles. The molecule has 0 spiro atoms. The number of aromatic carboxylic acids is 1. The van der Waals surface area contributed by atoms with Gasteiger partial charge in [-0.1, -0.05) is 41.9 Å². The summed E-state index contributed by atoms with van der Waals surface area (Å²) in [5.74, 6) is -1.07. The van der Waals surface area contributed by atoms with Crippen LogP contribution < -0.4 is 0 Å². The molecule has 3 aromatic rings. The average Bonchev–Trinajstić information content (AvgIpc) is 2.47. The van der Waals surface area contributed by atoms with Crippen LogP contribution in [0.5, 0.6) is 0 Å². The monoisotopic (exact) mass is 284 g/mol. The van der Waals surface area contributed by atoms with E-state index in [4.69, 9.17) is 11.6 Å². The lowest BCUT2D eigenvalue weighted by Gasteiger charge is -2.10. The fourth-order valence-corrected chi connectivity index (χ4v) is 2.47. The first-order valence-corrected chi connectivity index (χ1v) is 6.27. The molecule has 0 aliphatic carbocycles. The van der Waals surface area contributed by atoms with Crippen molar-refractivity contribution in [1.82, 2.24) is 9.97 Å². The van der Waals surface area contributed by atoms with Crippen molar-refractivity contribution in [3.05, 3.63) is 59.5 Å². The molecule has 1 aromatic heterocycles. The summed E-state index contributed by atoms with van der Waals surface area (Å²) >= 11 is 6.28. The summed E-state index contributed by atoms with van der Waals surface area (Å²) in [6, 6.07) is 10.9. The molecule has 0 saturated carbocycles. The molecule has 2 aromatic carbocycles. The van der Waals surface area contributed by atoms with Gasteiger partial charge in [0, 0.05) is 17.1 Å². The average molecular weight is 285 g/mol. The van der Waals surface area contributed by atoms with E-state index in [-0.39, 0.29) is 10.6 Å². The SMILES string of the molecule is O=C(O)c1cc2cncnc2c(-c2ccccc2)c1Cl. The number of carboxylic acid groups (broad SMARTS) is 1. The quantitative estimate of drug-likeness (QED) is 0.780. The number of carboxylic acids is 1. The van der Waals surface area contributed by atoms with E-state index in [0.717, 1.165) is 5.56 Å². The van der Waals surface area contributed by atoms with Crippen LogP contribution in [0.1, 0.15) is 10.4 Å². The van der Waals surface area contributed by atoms with E-state index in [0.29, 0.717) is 16.5 Å². The summed E-state index contributed by atoms with van der Waals surface area (Å²) in [4.78, 5) is 19.5. The third-order valence-electron chi connectivity index (χ3n) is 3.03. The third-order valence-corrected chi connectivity index (χ3v) is 3.42. The van der Waals surface area contributed by atoms with Crippen molar-refractivity contribution in [2.45, 2.75) is 0 Å². The van der Waals surface area contributed by atoms with Crippen LogP contribution in [0.4, 0.5) is 0 Å². The summed E-state index contributed by atoms with van der Waals surface area (Å²) in [6.07, 6.45) is 3.00. The highest BCUT2D eigenvalue weighted by Gasteiger charge is 2.18. The largest absolute Gasteiger partial charge is 0.478 e. The molecule has 0 amide bonds. The summed E-state index contributed by atoms with van der Waals surface area (Å²) < 4.78 is 0. The molecule has 0 bridgehead atoms. The van der Waals surface area contributed by atoms with E-state index >= 15 is 0 Å². The molecule has 3 rings (SSSR count). The number of halogens is 1. The molecule has 0 aliphatic heterocycles. The van der Waals surface area contributed by atoms with Crippen molar-refractivity contribution in [1.29, 1.82) is 0 Å². The molecule has 1 N–H and O–H groups in total. The van der Waals surface area contributed by atoms with Crippen molar-refractivity contribution in [3.63, 3.8) is 0 Å². The standard InChI is InChI=1S/C15H9ClN2O2/c16-13-11(15(19)20)6-10-7-17-8-18-14(10)12(13)9-4-2-1-3-5-9/h1-8H,(H,19,20). The van der Waals surface area contributed by atoms with Crippen LogP contribution in [0.15, 0.2) is 48.9 Å². The van der Waals surface area contributed by atoms with Gasteiger partial charge in [0.25, 0.3) is 0 Å². The Morgan fingerprint density at radius 3 is 2.65 bits per heavy atom. The van der Waals surface area contributed by atoms with Gasteiger partial charge in [-0.25, -0.2) is 14.8 Å². The molecular weight excluding hydrogens is 276 g/mol. The van der Waals surface area contributed by atoms with E-state index < -0.39 is 5.97 Å². The Hall–Kier alpha value is -2.46. The zero-order valence-corrected chi connectivity index (χ0v) is 11.0. The van der Waals surface area contributed by atoms with Crippen molar-refractivity contribution < 1.29 is 9.90 Å². The minimum Gasteiger partial charge on any atom is -0.478 e. The highest BCUT2D eigenvalue weighted by Crippen LogP contribution is 2.36. The molecule has 5 heteroatoms. The number of rotatable bonds is 2. The molecule has 0 radical (unpaired) electrons. The molecule has 20 heavy (non-hydrogen) atoms. The molecule has 0 atom stereocenters. The number of benzene rings is 2. The van der Waals surface area contributed by atoms with E-state index in [1.54, 1.807) is 6.20 Å². The van der Waals surface area contributed by atoms with Crippen molar-refractivity contribution in [3.8, 4) is 11.1 Å². The van der Waals surface area contributed by atoms with E-state index in [9.17, 15) is 9.90 Å². The summed E-state index contributed by atoms with van der Waals surface area (Å²) in [6.45, 7) is 0. The minimum absolute atomic E-state index is 0.0489. The Morgan fingerprint density at radius 1 is 1.20 bits per heavy atom. The van der Waals surface area contributed by atoms with Gasteiger partial charge < -0.3 is 5.11 Å². The second kappa shape index (κ2) is 4.90. The van der Waals surface area contributed by atoms with Gasteiger partial charge in [0.05, 0.1) is 16.1 Å². The van der Waals surface area contributed by atoms with E-state index in [2.05, 4.69) is 9.97 Å². The molecule has 0 fully saturated rings. The molecule has 0 unspecified atom stereocenters. The highest BCUT2D eigenvalue weighted by atomic mass is 35.5. The Morgan fingerprint density at radius 2 is 1.95 bits per heavy atom. The van der Waals surface area contributed by atoms with E-state index in [1.165, 1.54) is 12.4 Å². The first kappa shape index (κ1) is 12.6. The van der Waals surface area contributed by atoms with Crippen LogP contribution in [-0.2, 0) is 0 Å². The van der Waals surface area contributed by atoms with Gasteiger partial charge in [0.2, 0.25) is 0 Å². The lowest BCUT2D eigenvalue weighted by Crippen LogP contribution is -2.00. The smallest absolute Gasteiger partial charge is 0.337 e. The number of fused-ring (bicyclic) bond motifs is 1. The number of hydrogen-bond donors (Lipinski definition) is 1. The number of aromatic nitrogens is 2. The molecular formula is C15H9ClN2O2. The molecule has 98 valence electrons. The van der Waals surface area contributed by atoms with Gasteiger partial charge in [-0.05, 0) is 11.6 Å². The van der Waals surface area contributed by atoms with Crippen LogP contribution in [0.3, 0.4) is 0 Å². The zero-order chi connectivity index (χ0) is 14.1. The van der Waals surface area contributed by atoms with Gasteiger partial charge >= 0.3 is 5.97 Å². The zero-order valence-electron chi connectivity index (χ0n) is 10.2. The van der Waals surface area contributed by atoms with Crippen LogP contribution in [0.25, 0.3) is 22.0 Å². The van der Waals surface area contributed by atoms with Crippen LogP contribution >= 0.6 is 11.6 Å². The van der Waals surface area contributed by atoms with Gasteiger partial charge in [-0.15, -0.1) is 0 Å². The lowest BCUT2D eigenvalue weighted by atomic mass is 9.99. The molecule has 0 aliphatic rings. The van der Waals surface area contributed by atoms with Crippen LogP contribution in [-0.4, -0.2) is 21.0 Å². The fourth-order valence-electron chi connectivity index (χ4n) is 2.14. The topological polar surface area (TPSA) is 63.1 Å². The van der Waals surface area contributed by atoms with Gasteiger partial charge in [-0.2, -0.15) is 0 Å². The maximum Gasteiger partial charge on any atom is 0.337 e. The molecule has 0 saturated heterocycles. The van der Waals surface area contributed by atoms with Crippen molar-refractivity contribution in [2.24, 2.45) is 0 Å². The second-order valence-corrected chi connectivity index (χ2v) is 4.62. The fraction of sp³-hybridized carbons (Fsp3) is 0. The summed E-state index contributed by atoms with van der Waals surface area (Å²) in [5, 5.41) is 10.1. The first-order valence-electron chi connectivity index (χ1n) is 5.89. The Kier molecular flexibility index (Phi) is 3.08. The van der Waals surface area contributed by atoms with Gasteiger partial charge in [0.15, 0.2) is 0 Å². The predicted molar refractivity (Wildman–Crippen MR) is 76.9 cm³/mol. The van der Waals surface area contributed by atoms with Crippen LogP contribution in [0.2, 0.25) is 5.02 Å². The minimum atomic E-state index is -1.07. The Bertz CT molecular complexity index is 804. The van der Waals surface area contributed by atoms with Gasteiger partial charge in [0.1, 0.15) is 6.33 Å². The maximum absolute atomic E-state index is 11.3. The van der Waals surface area contributed by atoms with Gasteiger partial charge in [-0.3, -0.25) is 0 Å². The Balaban J connectivity index is 2.45. The number of nitrogens with zero attached hydrogens (tertiary/aromatic N) is 2. The van der Waals surface area contributed by atoms with E-state index in [1.807, 2.05) is 30.3 Å². The van der Waals surface area contributed by atoms with Crippen LogP contribution in [0, 0.1) is 0 Å². The first-order chi connectivity index (χ1) is 9.68. The van der Waals surface area contributed by atoms with Crippen molar-refractivity contribution >= 4 is 28.5 Å². The predicted octanol–water partition coefficient (Wildman–Crippen LogP) is 3.65.